The van der Waals surface area contributed by atoms with E-state index in [0.29, 0.717) is 37.8 Å². The second-order valence-corrected chi connectivity index (χ2v) is 5.87. The fourth-order valence-electron chi connectivity index (χ4n) is 1.97. The summed E-state index contributed by atoms with van der Waals surface area (Å²) >= 11 is 0. The number of nitrogens with zero attached hydrogens (tertiary/aromatic N) is 1. The van der Waals surface area contributed by atoms with Crippen LogP contribution in [0.5, 0.6) is 0 Å². The van der Waals surface area contributed by atoms with Gasteiger partial charge in [0.05, 0.1) is 13.2 Å². The zero-order chi connectivity index (χ0) is 11.4. The van der Waals surface area contributed by atoms with Crippen LogP contribution in [0, 0.1) is 0 Å². The quantitative estimate of drug-likeness (QED) is 0.705. The minimum atomic E-state index is -0.665. The molecule has 2 aliphatic heterocycles. The standard InChI is InChI=1S/C10H18N2O3S/c13-10(12-3-5-15-6-4-12)11-9-1-7-16(14)8-2-9/h9H,1-8H2,(H,11,13). The lowest BCUT2D eigenvalue weighted by molar-refractivity contribution is 0.0524. The van der Waals surface area contributed by atoms with Crippen molar-refractivity contribution in [2.24, 2.45) is 0 Å². The van der Waals surface area contributed by atoms with Gasteiger partial charge in [0.15, 0.2) is 0 Å². The number of amides is 2. The van der Waals surface area contributed by atoms with Gasteiger partial charge >= 0.3 is 6.03 Å². The molecule has 0 saturated carbocycles. The Morgan fingerprint density at radius 2 is 1.88 bits per heavy atom. The summed E-state index contributed by atoms with van der Waals surface area (Å²) in [4.78, 5) is 13.6. The van der Waals surface area contributed by atoms with Gasteiger partial charge in [-0.25, -0.2) is 4.79 Å². The average molecular weight is 246 g/mol. The van der Waals surface area contributed by atoms with Crippen LogP contribution in [0.3, 0.4) is 0 Å². The minimum absolute atomic E-state index is 0.000910. The maximum atomic E-state index is 11.8. The molecule has 92 valence electrons. The zero-order valence-electron chi connectivity index (χ0n) is 9.31. The lowest BCUT2D eigenvalue weighted by Gasteiger charge is -2.30. The molecule has 0 unspecified atom stereocenters. The molecule has 2 amide bonds. The van der Waals surface area contributed by atoms with Gasteiger partial charge in [0, 0.05) is 41.4 Å². The summed E-state index contributed by atoms with van der Waals surface area (Å²) in [6.07, 6.45) is 1.67. The van der Waals surface area contributed by atoms with Gasteiger partial charge in [-0.1, -0.05) is 0 Å². The zero-order valence-corrected chi connectivity index (χ0v) is 10.1. The Labute approximate surface area is 98.0 Å². The number of carbonyl (C=O) groups is 1. The molecule has 0 aromatic heterocycles. The van der Waals surface area contributed by atoms with Crippen LogP contribution < -0.4 is 5.32 Å². The minimum Gasteiger partial charge on any atom is -0.378 e. The van der Waals surface area contributed by atoms with E-state index in [1.165, 1.54) is 0 Å². The van der Waals surface area contributed by atoms with E-state index in [1.54, 1.807) is 4.90 Å². The number of ether oxygens (including phenoxy) is 1. The molecule has 0 aromatic rings. The van der Waals surface area contributed by atoms with Crippen molar-refractivity contribution < 1.29 is 13.7 Å². The molecule has 5 nitrogen and oxygen atoms in total. The Hall–Kier alpha value is -0.620. The lowest BCUT2D eigenvalue weighted by Crippen LogP contribution is -2.50. The number of carbonyl (C=O) groups excluding carboxylic acids is 1. The lowest BCUT2D eigenvalue weighted by atomic mass is 10.1. The molecule has 2 fully saturated rings. The first-order valence-electron chi connectivity index (χ1n) is 5.74. The van der Waals surface area contributed by atoms with Crippen LogP contribution in [0.25, 0.3) is 0 Å². The monoisotopic (exact) mass is 246 g/mol. The molecule has 2 saturated heterocycles. The molecule has 0 bridgehead atoms. The van der Waals surface area contributed by atoms with Gasteiger partial charge in [-0.15, -0.1) is 0 Å². The second-order valence-electron chi connectivity index (χ2n) is 4.17. The Morgan fingerprint density at radius 1 is 1.25 bits per heavy atom. The number of morpholine rings is 1. The van der Waals surface area contributed by atoms with Crippen LogP contribution in [0.4, 0.5) is 4.79 Å². The van der Waals surface area contributed by atoms with Crippen LogP contribution in [0.2, 0.25) is 0 Å². The normalized spacial score (nSPS) is 31.1. The summed E-state index contributed by atoms with van der Waals surface area (Å²) in [5.74, 6) is 1.43. The largest absolute Gasteiger partial charge is 0.378 e. The van der Waals surface area contributed by atoms with Crippen molar-refractivity contribution in [1.82, 2.24) is 10.2 Å². The van der Waals surface area contributed by atoms with Crippen molar-refractivity contribution in [2.75, 3.05) is 37.8 Å². The summed E-state index contributed by atoms with van der Waals surface area (Å²) < 4.78 is 16.4. The van der Waals surface area contributed by atoms with Crippen molar-refractivity contribution in [2.45, 2.75) is 18.9 Å². The Balaban J connectivity index is 1.75. The molecule has 0 radical (unpaired) electrons. The van der Waals surface area contributed by atoms with Crippen molar-refractivity contribution in [3.8, 4) is 0 Å². The first-order valence-corrected chi connectivity index (χ1v) is 7.22. The summed E-state index contributed by atoms with van der Waals surface area (Å²) in [5.41, 5.74) is 0. The molecule has 2 heterocycles. The first-order chi connectivity index (χ1) is 7.75. The van der Waals surface area contributed by atoms with E-state index in [9.17, 15) is 9.00 Å². The average Bonchev–Trinajstić information content (AvgIpc) is 2.33. The van der Waals surface area contributed by atoms with Crippen LogP contribution in [-0.4, -0.2) is 59.0 Å². The molecular formula is C10H18N2O3S. The molecule has 0 atom stereocenters. The predicted octanol–water partition coefficient (Wildman–Crippen LogP) is -0.0607. The summed E-state index contributed by atoms with van der Waals surface area (Å²) in [5, 5.41) is 3.01. The third-order valence-electron chi connectivity index (χ3n) is 3.01. The van der Waals surface area contributed by atoms with Crippen molar-refractivity contribution in [1.29, 1.82) is 0 Å². The van der Waals surface area contributed by atoms with E-state index in [1.807, 2.05) is 0 Å². The summed E-state index contributed by atoms with van der Waals surface area (Å²) in [6.45, 7) is 2.60. The van der Waals surface area contributed by atoms with Gasteiger partial charge in [-0.05, 0) is 12.8 Å². The number of hydrogen-bond donors (Lipinski definition) is 1. The molecular weight excluding hydrogens is 228 g/mol. The van der Waals surface area contributed by atoms with E-state index >= 15 is 0 Å². The van der Waals surface area contributed by atoms with Crippen LogP contribution >= 0.6 is 0 Å². The van der Waals surface area contributed by atoms with Crippen LogP contribution in [-0.2, 0) is 15.5 Å². The molecule has 6 heteroatoms. The summed E-state index contributed by atoms with van der Waals surface area (Å²) in [6, 6.07) is 0.203. The SMILES string of the molecule is O=C(NC1CCS(=O)CC1)N1CCOCC1. The molecule has 0 aromatic carbocycles. The second kappa shape index (κ2) is 5.63. The molecule has 2 rings (SSSR count). The molecule has 1 N–H and O–H groups in total. The van der Waals surface area contributed by atoms with E-state index in [4.69, 9.17) is 4.74 Å². The maximum absolute atomic E-state index is 11.8. The molecule has 2 aliphatic rings. The third kappa shape index (κ3) is 3.18. The number of nitrogens with one attached hydrogen (secondary N) is 1. The summed E-state index contributed by atoms with van der Waals surface area (Å²) in [7, 11) is -0.665. The molecule has 0 spiro atoms. The Kier molecular flexibility index (Phi) is 4.17. The van der Waals surface area contributed by atoms with Crippen LogP contribution in [0.15, 0.2) is 0 Å². The highest BCUT2D eigenvalue weighted by molar-refractivity contribution is 7.85. The van der Waals surface area contributed by atoms with Gasteiger partial charge in [0.1, 0.15) is 0 Å². The highest BCUT2D eigenvalue weighted by Crippen LogP contribution is 2.10. The third-order valence-corrected chi connectivity index (χ3v) is 4.40. The van der Waals surface area contributed by atoms with Gasteiger partial charge < -0.3 is 15.0 Å². The fraction of sp³-hybridized carbons (Fsp3) is 0.900. The highest BCUT2D eigenvalue weighted by atomic mass is 32.2. The van der Waals surface area contributed by atoms with Crippen LogP contribution in [0.1, 0.15) is 12.8 Å². The van der Waals surface area contributed by atoms with E-state index in [0.717, 1.165) is 12.8 Å². The fourth-order valence-corrected chi connectivity index (χ4v) is 3.27. The van der Waals surface area contributed by atoms with Gasteiger partial charge in [0.2, 0.25) is 0 Å². The maximum Gasteiger partial charge on any atom is 0.317 e. The van der Waals surface area contributed by atoms with E-state index in [2.05, 4.69) is 5.32 Å². The number of rotatable bonds is 1. The number of hydrogen-bond acceptors (Lipinski definition) is 3. The topological polar surface area (TPSA) is 58.6 Å². The predicted molar refractivity (Wildman–Crippen MR) is 61.8 cm³/mol. The highest BCUT2D eigenvalue weighted by Gasteiger charge is 2.23. The Bertz CT molecular complexity index is 269. The first kappa shape index (κ1) is 11.9. The Morgan fingerprint density at radius 3 is 2.50 bits per heavy atom. The van der Waals surface area contributed by atoms with Crippen molar-refractivity contribution in [3.63, 3.8) is 0 Å². The van der Waals surface area contributed by atoms with Gasteiger partial charge in [-0.2, -0.15) is 0 Å². The van der Waals surface area contributed by atoms with E-state index < -0.39 is 10.8 Å². The van der Waals surface area contributed by atoms with E-state index in [-0.39, 0.29) is 12.1 Å². The smallest absolute Gasteiger partial charge is 0.317 e. The molecule has 0 aliphatic carbocycles. The van der Waals surface area contributed by atoms with Crippen molar-refractivity contribution >= 4 is 16.8 Å². The van der Waals surface area contributed by atoms with Gasteiger partial charge in [-0.3, -0.25) is 4.21 Å². The number of urea groups is 1. The van der Waals surface area contributed by atoms with Crippen molar-refractivity contribution in [3.05, 3.63) is 0 Å². The van der Waals surface area contributed by atoms with Gasteiger partial charge in [0.25, 0.3) is 0 Å². The molecule has 16 heavy (non-hydrogen) atoms.